The summed E-state index contributed by atoms with van der Waals surface area (Å²) in [4.78, 5) is 2.69. The molecule has 2 heteroatoms. The van der Waals surface area contributed by atoms with Crippen molar-refractivity contribution in [2.75, 3.05) is 26.2 Å². The molecule has 102 valence electrons. The van der Waals surface area contributed by atoms with Gasteiger partial charge in [-0.15, -0.1) is 0 Å². The highest BCUT2D eigenvalue weighted by Crippen LogP contribution is 2.27. The molecule has 0 aromatic heterocycles. The van der Waals surface area contributed by atoms with Crippen molar-refractivity contribution >= 4 is 0 Å². The lowest BCUT2D eigenvalue weighted by molar-refractivity contribution is 0.133. The molecule has 0 bridgehead atoms. The fourth-order valence-corrected chi connectivity index (χ4v) is 2.61. The quantitative estimate of drug-likeness (QED) is 0.666. The second kappa shape index (κ2) is 8.10. The molecule has 0 spiro atoms. The van der Waals surface area contributed by atoms with E-state index in [9.17, 15) is 0 Å². The molecule has 1 rings (SSSR count). The molecule has 1 aliphatic rings. The lowest BCUT2D eigenvalue weighted by Crippen LogP contribution is -2.45. The van der Waals surface area contributed by atoms with E-state index in [-0.39, 0.29) is 0 Å². The maximum atomic E-state index is 3.62. The molecule has 1 saturated carbocycles. The van der Waals surface area contributed by atoms with Gasteiger partial charge in [-0.2, -0.15) is 0 Å². The van der Waals surface area contributed by atoms with Crippen LogP contribution in [0.5, 0.6) is 0 Å². The third-order valence-corrected chi connectivity index (χ3v) is 4.04. The van der Waals surface area contributed by atoms with E-state index in [4.69, 9.17) is 0 Å². The summed E-state index contributed by atoms with van der Waals surface area (Å²) in [6, 6.07) is 0.736. The zero-order valence-corrected chi connectivity index (χ0v) is 12.3. The van der Waals surface area contributed by atoms with Crippen molar-refractivity contribution in [2.45, 2.75) is 59.4 Å². The molecule has 2 nitrogen and oxygen atoms in total. The summed E-state index contributed by atoms with van der Waals surface area (Å²) in [5.41, 5.74) is 0. The predicted octanol–water partition coefficient (Wildman–Crippen LogP) is 3.13. The highest BCUT2D eigenvalue weighted by atomic mass is 15.2. The van der Waals surface area contributed by atoms with Crippen molar-refractivity contribution in [2.24, 2.45) is 11.8 Å². The minimum absolute atomic E-state index is 0.736. The van der Waals surface area contributed by atoms with Crippen molar-refractivity contribution in [3.05, 3.63) is 0 Å². The summed E-state index contributed by atoms with van der Waals surface area (Å²) in [5, 5.41) is 3.62. The second-order valence-corrected chi connectivity index (χ2v) is 6.00. The maximum absolute atomic E-state index is 3.62. The lowest BCUT2D eigenvalue weighted by atomic mass is 9.85. The fraction of sp³-hybridized carbons (Fsp3) is 1.00. The zero-order chi connectivity index (χ0) is 12.7. The van der Waals surface area contributed by atoms with Gasteiger partial charge in [0, 0.05) is 19.1 Å². The van der Waals surface area contributed by atoms with E-state index >= 15 is 0 Å². The molecule has 0 radical (unpaired) electrons. The summed E-state index contributed by atoms with van der Waals surface area (Å²) in [6.07, 6.45) is 5.66. The van der Waals surface area contributed by atoms with E-state index in [0.717, 1.165) is 31.0 Å². The Morgan fingerprint density at radius 2 is 1.88 bits per heavy atom. The number of hydrogen-bond acceptors (Lipinski definition) is 2. The van der Waals surface area contributed by atoms with Crippen LogP contribution < -0.4 is 5.32 Å². The molecule has 0 aromatic rings. The highest BCUT2D eigenvalue weighted by molar-refractivity contribution is 4.78. The van der Waals surface area contributed by atoms with Crippen LogP contribution in [-0.4, -0.2) is 37.1 Å². The largest absolute Gasteiger partial charge is 0.315 e. The van der Waals surface area contributed by atoms with Crippen LogP contribution in [0, 0.1) is 11.8 Å². The zero-order valence-electron chi connectivity index (χ0n) is 12.3. The van der Waals surface area contributed by atoms with Crippen LogP contribution in [0.1, 0.15) is 53.4 Å². The van der Waals surface area contributed by atoms with Gasteiger partial charge in [0.05, 0.1) is 0 Å². The van der Waals surface area contributed by atoms with E-state index in [2.05, 4.69) is 37.9 Å². The Morgan fingerprint density at radius 1 is 1.18 bits per heavy atom. The SMILES string of the molecule is CCC(CNCC(C)C)N(CC)CC1CCC1. The molecule has 1 aliphatic carbocycles. The van der Waals surface area contributed by atoms with E-state index in [1.165, 1.54) is 38.8 Å². The van der Waals surface area contributed by atoms with Crippen LogP contribution in [0.4, 0.5) is 0 Å². The summed E-state index contributed by atoms with van der Waals surface area (Å²) >= 11 is 0. The lowest BCUT2D eigenvalue weighted by Gasteiger charge is -2.36. The van der Waals surface area contributed by atoms with Gasteiger partial charge < -0.3 is 5.32 Å². The van der Waals surface area contributed by atoms with Gasteiger partial charge in [-0.25, -0.2) is 0 Å². The van der Waals surface area contributed by atoms with Crippen molar-refractivity contribution in [1.82, 2.24) is 10.2 Å². The number of hydrogen-bond donors (Lipinski definition) is 1. The first-order chi connectivity index (χ1) is 8.17. The Labute approximate surface area is 108 Å². The van der Waals surface area contributed by atoms with Gasteiger partial charge in [-0.3, -0.25) is 4.90 Å². The Hall–Kier alpha value is -0.0800. The summed E-state index contributed by atoms with van der Waals surface area (Å²) in [5.74, 6) is 1.75. The topological polar surface area (TPSA) is 15.3 Å². The standard InChI is InChI=1S/C15H32N2/c1-5-15(11-16-10-13(3)4)17(6-2)12-14-8-7-9-14/h13-16H,5-12H2,1-4H3. The summed E-state index contributed by atoms with van der Waals surface area (Å²) < 4.78 is 0. The van der Waals surface area contributed by atoms with Gasteiger partial charge in [-0.05, 0) is 44.2 Å². The third-order valence-electron chi connectivity index (χ3n) is 4.04. The van der Waals surface area contributed by atoms with Crippen LogP contribution in [0.3, 0.4) is 0 Å². The van der Waals surface area contributed by atoms with Gasteiger partial charge in [0.2, 0.25) is 0 Å². The molecule has 1 unspecified atom stereocenters. The Bertz CT molecular complexity index is 187. The Balaban J connectivity index is 2.28. The minimum atomic E-state index is 0.736. The molecule has 17 heavy (non-hydrogen) atoms. The molecular weight excluding hydrogens is 208 g/mol. The first kappa shape index (κ1) is 15.0. The molecular formula is C15H32N2. The van der Waals surface area contributed by atoms with Crippen LogP contribution in [0.15, 0.2) is 0 Å². The van der Waals surface area contributed by atoms with E-state index in [0.29, 0.717) is 0 Å². The Kier molecular flexibility index (Phi) is 7.14. The number of likely N-dealkylation sites (N-methyl/N-ethyl adjacent to an activating group) is 1. The van der Waals surface area contributed by atoms with E-state index in [1.807, 2.05) is 0 Å². The highest BCUT2D eigenvalue weighted by Gasteiger charge is 2.23. The van der Waals surface area contributed by atoms with Crippen molar-refractivity contribution in [1.29, 1.82) is 0 Å². The van der Waals surface area contributed by atoms with Gasteiger partial charge in [0.15, 0.2) is 0 Å². The number of rotatable bonds is 9. The van der Waals surface area contributed by atoms with Crippen LogP contribution >= 0.6 is 0 Å². The van der Waals surface area contributed by atoms with Gasteiger partial charge in [0.25, 0.3) is 0 Å². The van der Waals surface area contributed by atoms with Gasteiger partial charge in [-0.1, -0.05) is 34.1 Å². The van der Waals surface area contributed by atoms with E-state index < -0.39 is 0 Å². The van der Waals surface area contributed by atoms with Gasteiger partial charge in [0.1, 0.15) is 0 Å². The molecule has 0 amide bonds. The molecule has 1 N–H and O–H groups in total. The molecule has 0 aromatic carbocycles. The summed E-state index contributed by atoms with van der Waals surface area (Å²) in [6.45, 7) is 14.0. The monoisotopic (exact) mass is 240 g/mol. The second-order valence-electron chi connectivity index (χ2n) is 6.00. The summed E-state index contributed by atoms with van der Waals surface area (Å²) in [7, 11) is 0. The normalized spacial score (nSPS) is 18.7. The first-order valence-corrected chi connectivity index (χ1v) is 7.62. The molecule has 0 aliphatic heterocycles. The van der Waals surface area contributed by atoms with Crippen LogP contribution in [0.25, 0.3) is 0 Å². The number of nitrogens with zero attached hydrogens (tertiary/aromatic N) is 1. The van der Waals surface area contributed by atoms with E-state index in [1.54, 1.807) is 0 Å². The maximum Gasteiger partial charge on any atom is 0.0218 e. The third kappa shape index (κ3) is 5.39. The molecule has 1 atom stereocenters. The minimum Gasteiger partial charge on any atom is -0.315 e. The first-order valence-electron chi connectivity index (χ1n) is 7.62. The smallest absolute Gasteiger partial charge is 0.0218 e. The van der Waals surface area contributed by atoms with Crippen molar-refractivity contribution in [3.8, 4) is 0 Å². The average molecular weight is 240 g/mol. The van der Waals surface area contributed by atoms with Crippen LogP contribution in [-0.2, 0) is 0 Å². The molecule has 1 fully saturated rings. The molecule has 0 heterocycles. The fourth-order valence-electron chi connectivity index (χ4n) is 2.61. The van der Waals surface area contributed by atoms with Crippen molar-refractivity contribution in [3.63, 3.8) is 0 Å². The molecule has 0 saturated heterocycles. The Morgan fingerprint density at radius 3 is 2.29 bits per heavy atom. The predicted molar refractivity (Wildman–Crippen MR) is 76.4 cm³/mol. The van der Waals surface area contributed by atoms with Gasteiger partial charge >= 0.3 is 0 Å². The number of nitrogens with one attached hydrogen (secondary N) is 1. The average Bonchev–Trinajstić information content (AvgIpc) is 2.24. The van der Waals surface area contributed by atoms with Crippen LogP contribution in [0.2, 0.25) is 0 Å². The van der Waals surface area contributed by atoms with Crippen molar-refractivity contribution < 1.29 is 0 Å².